The van der Waals surface area contributed by atoms with E-state index in [9.17, 15) is 0 Å². The van der Waals surface area contributed by atoms with Gasteiger partial charge in [0.15, 0.2) is 0 Å². The van der Waals surface area contributed by atoms with Crippen molar-refractivity contribution < 1.29 is 0 Å². The quantitative estimate of drug-likeness (QED) is 0.520. The van der Waals surface area contributed by atoms with Gasteiger partial charge in [0.2, 0.25) is 5.95 Å². The van der Waals surface area contributed by atoms with Crippen molar-refractivity contribution >= 4 is 11.6 Å². The summed E-state index contributed by atoms with van der Waals surface area (Å²) in [6.07, 6.45) is 7.05. The zero-order chi connectivity index (χ0) is 19.3. The molecular weight excluding hydrogens is 348 g/mol. The number of anilines is 1. The Morgan fingerprint density at radius 1 is 1.14 bits per heavy atom. The van der Waals surface area contributed by atoms with Crippen LogP contribution in [-0.4, -0.2) is 25.9 Å². The molecule has 0 saturated carbocycles. The second kappa shape index (κ2) is 7.89. The summed E-state index contributed by atoms with van der Waals surface area (Å²) < 4.78 is 1.96. The number of nitriles is 1. The molecule has 6 nitrogen and oxygen atoms in total. The predicted molar refractivity (Wildman–Crippen MR) is 109 cm³/mol. The third kappa shape index (κ3) is 3.69. The molecule has 0 aliphatic carbocycles. The standard InChI is InChI=1S/C22H20N6/c1-16-5-2-3-7-19(16)20-13-21-24-11-12-28(21)22(27-20)25-10-4-6-18-9-8-17(14-23)15-26-18/h2-3,5,7-9,11-13,15H,4,6,10H2,1H3,(H,25,27). The molecule has 3 heterocycles. The van der Waals surface area contributed by atoms with Crippen LogP contribution in [-0.2, 0) is 6.42 Å². The first-order valence-corrected chi connectivity index (χ1v) is 9.23. The highest BCUT2D eigenvalue weighted by molar-refractivity contribution is 5.68. The molecule has 0 aliphatic rings. The highest BCUT2D eigenvalue weighted by Gasteiger charge is 2.09. The minimum Gasteiger partial charge on any atom is -0.355 e. The molecule has 4 aromatic rings. The van der Waals surface area contributed by atoms with Crippen LogP contribution in [0, 0.1) is 18.3 Å². The molecule has 6 heteroatoms. The van der Waals surface area contributed by atoms with Gasteiger partial charge in [0.1, 0.15) is 11.7 Å². The van der Waals surface area contributed by atoms with Gasteiger partial charge in [-0.3, -0.25) is 9.38 Å². The topological polar surface area (TPSA) is 78.9 Å². The zero-order valence-electron chi connectivity index (χ0n) is 15.6. The lowest BCUT2D eigenvalue weighted by atomic mass is 10.1. The normalized spacial score (nSPS) is 10.7. The van der Waals surface area contributed by atoms with Crippen molar-refractivity contribution in [3.63, 3.8) is 0 Å². The summed E-state index contributed by atoms with van der Waals surface area (Å²) in [4.78, 5) is 13.6. The number of hydrogen-bond acceptors (Lipinski definition) is 5. The summed E-state index contributed by atoms with van der Waals surface area (Å²) in [6, 6.07) is 16.0. The smallest absolute Gasteiger partial charge is 0.209 e. The molecule has 0 amide bonds. The van der Waals surface area contributed by atoms with Crippen LogP contribution in [0.5, 0.6) is 0 Å². The van der Waals surface area contributed by atoms with Crippen LogP contribution in [0.2, 0.25) is 0 Å². The molecule has 0 saturated heterocycles. The Kier molecular flexibility index (Phi) is 4.98. The second-order valence-corrected chi connectivity index (χ2v) is 6.62. The number of nitrogens with zero attached hydrogens (tertiary/aromatic N) is 5. The van der Waals surface area contributed by atoms with E-state index in [1.165, 1.54) is 5.56 Å². The number of rotatable bonds is 6. The molecule has 4 rings (SSSR count). The summed E-state index contributed by atoms with van der Waals surface area (Å²) in [7, 11) is 0. The largest absolute Gasteiger partial charge is 0.355 e. The average molecular weight is 368 g/mol. The van der Waals surface area contributed by atoms with Crippen LogP contribution in [0.25, 0.3) is 16.9 Å². The highest BCUT2D eigenvalue weighted by atomic mass is 15.2. The van der Waals surface area contributed by atoms with Gasteiger partial charge in [0, 0.05) is 42.5 Å². The highest BCUT2D eigenvalue weighted by Crippen LogP contribution is 2.24. The first kappa shape index (κ1) is 17.7. The summed E-state index contributed by atoms with van der Waals surface area (Å²) >= 11 is 0. The molecular formula is C22H20N6. The molecule has 0 unspecified atom stereocenters. The molecule has 138 valence electrons. The van der Waals surface area contributed by atoms with Gasteiger partial charge in [-0.15, -0.1) is 0 Å². The molecule has 0 bridgehead atoms. The Labute approximate surface area is 163 Å². The summed E-state index contributed by atoms with van der Waals surface area (Å²) in [5, 5.41) is 12.3. The Balaban J connectivity index is 1.49. The van der Waals surface area contributed by atoms with Crippen molar-refractivity contribution in [3.05, 3.63) is 77.9 Å². The van der Waals surface area contributed by atoms with Gasteiger partial charge in [0.25, 0.3) is 0 Å². The molecule has 1 N–H and O–H groups in total. The van der Waals surface area contributed by atoms with Crippen molar-refractivity contribution in [2.45, 2.75) is 19.8 Å². The zero-order valence-corrected chi connectivity index (χ0v) is 15.6. The van der Waals surface area contributed by atoms with Gasteiger partial charge < -0.3 is 5.32 Å². The van der Waals surface area contributed by atoms with Crippen molar-refractivity contribution in [2.75, 3.05) is 11.9 Å². The van der Waals surface area contributed by atoms with Gasteiger partial charge in [0.05, 0.1) is 11.3 Å². The van der Waals surface area contributed by atoms with Crippen LogP contribution >= 0.6 is 0 Å². The van der Waals surface area contributed by atoms with Gasteiger partial charge in [-0.1, -0.05) is 24.3 Å². The third-order valence-electron chi connectivity index (χ3n) is 4.66. The van der Waals surface area contributed by atoms with Crippen molar-refractivity contribution in [1.29, 1.82) is 5.26 Å². The average Bonchev–Trinajstić information content (AvgIpc) is 3.21. The van der Waals surface area contributed by atoms with E-state index in [2.05, 4.69) is 40.4 Å². The fourth-order valence-electron chi connectivity index (χ4n) is 3.15. The molecule has 0 spiro atoms. The summed E-state index contributed by atoms with van der Waals surface area (Å²) in [5.41, 5.74) is 5.64. The van der Waals surface area contributed by atoms with E-state index in [0.29, 0.717) is 5.56 Å². The number of pyridine rings is 1. The molecule has 0 fully saturated rings. The third-order valence-corrected chi connectivity index (χ3v) is 4.66. The Morgan fingerprint density at radius 3 is 2.82 bits per heavy atom. The molecule has 28 heavy (non-hydrogen) atoms. The van der Waals surface area contributed by atoms with Gasteiger partial charge in [-0.05, 0) is 37.5 Å². The van der Waals surface area contributed by atoms with E-state index >= 15 is 0 Å². The van der Waals surface area contributed by atoms with Gasteiger partial charge in [-0.25, -0.2) is 9.97 Å². The lowest BCUT2D eigenvalue weighted by Crippen LogP contribution is -2.09. The van der Waals surface area contributed by atoms with Crippen LogP contribution < -0.4 is 5.32 Å². The number of benzene rings is 1. The van der Waals surface area contributed by atoms with Gasteiger partial charge >= 0.3 is 0 Å². The number of fused-ring (bicyclic) bond motifs is 1. The minimum absolute atomic E-state index is 0.585. The van der Waals surface area contributed by atoms with Crippen LogP contribution in [0.3, 0.4) is 0 Å². The lowest BCUT2D eigenvalue weighted by molar-refractivity contribution is 0.825. The Bertz CT molecular complexity index is 1140. The number of aromatic nitrogens is 4. The monoisotopic (exact) mass is 368 g/mol. The Hall–Kier alpha value is -3.72. The predicted octanol–water partition coefficient (Wildman–Crippen LogP) is 4.02. The van der Waals surface area contributed by atoms with E-state index in [1.54, 1.807) is 18.5 Å². The maximum absolute atomic E-state index is 8.84. The van der Waals surface area contributed by atoms with Crippen LogP contribution in [0.15, 0.2) is 61.1 Å². The number of aryl methyl sites for hydroxylation is 2. The number of nitrogens with one attached hydrogen (secondary N) is 1. The van der Waals surface area contributed by atoms with Gasteiger partial charge in [-0.2, -0.15) is 5.26 Å². The first-order valence-electron chi connectivity index (χ1n) is 9.23. The van der Waals surface area contributed by atoms with E-state index in [0.717, 1.165) is 47.9 Å². The molecule has 0 radical (unpaired) electrons. The first-order chi connectivity index (χ1) is 13.7. The summed E-state index contributed by atoms with van der Waals surface area (Å²) in [5.74, 6) is 0.779. The van der Waals surface area contributed by atoms with Crippen molar-refractivity contribution in [3.8, 4) is 17.3 Å². The van der Waals surface area contributed by atoms with E-state index in [4.69, 9.17) is 10.2 Å². The maximum Gasteiger partial charge on any atom is 0.209 e. The van der Waals surface area contributed by atoms with E-state index < -0.39 is 0 Å². The van der Waals surface area contributed by atoms with Crippen LogP contribution in [0.1, 0.15) is 23.2 Å². The van der Waals surface area contributed by atoms with E-state index in [-0.39, 0.29) is 0 Å². The minimum atomic E-state index is 0.585. The molecule has 0 atom stereocenters. The fraction of sp³-hybridized carbons (Fsp3) is 0.182. The van der Waals surface area contributed by atoms with Crippen molar-refractivity contribution in [1.82, 2.24) is 19.4 Å². The van der Waals surface area contributed by atoms with E-state index in [1.807, 2.05) is 34.9 Å². The molecule has 1 aromatic carbocycles. The Morgan fingerprint density at radius 2 is 2.04 bits per heavy atom. The maximum atomic E-state index is 8.84. The molecule has 3 aromatic heterocycles. The lowest BCUT2D eigenvalue weighted by Gasteiger charge is -2.11. The fourth-order valence-corrected chi connectivity index (χ4v) is 3.15. The summed E-state index contributed by atoms with van der Waals surface area (Å²) in [6.45, 7) is 2.85. The van der Waals surface area contributed by atoms with Crippen molar-refractivity contribution in [2.24, 2.45) is 0 Å². The number of hydrogen-bond donors (Lipinski definition) is 1. The van der Waals surface area contributed by atoms with Crippen LogP contribution in [0.4, 0.5) is 5.95 Å². The molecule has 0 aliphatic heterocycles. The second-order valence-electron chi connectivity index (χ2n) is 6.62. The number of imidazole rings is 1. The SMILES string of the molecule is Cc1ccccc1-c1cc2nccn2c(NCCCc2ccc(C#N)cn2)n1.